The third kappa shape index (κ3) is 4.06. The van der Waals surface area contributed by atoms with Crippen LogP contribution < -0.4 is 5.32 Å². The van der Waals surface area contributed by atoms with Crippen LogP contribution in [0.25, 0.3) is 0 Å². The average Bonchev–Trinajstić information content (AvgIpc) is 2.84. The highest BCUT2D eigenvalue weighted by molar-refractivity contribution is 6.30. The van der Waals surface area contributed by atoms with Gasteiger partial charge in [-0.05, 0) is 24.6 Å². The molecule has 1 aromatic heterocycles. The van der Waals surface area contributed by atoms with E-state index in [9.17, 15) is 0 Å². The van der Waals surface area contributed by atoms with Crippen molar-refractivity contribution in [3.05, 3.63) is 52.8 Å². The smallest absolute Gasteiger partial charge is 0.0640 e. The summed E-state index contributed by atoms with van der Waals surface area (Å²) in [5.74, 6) is 0. The van der Waals surface area contributed by atoms with E-state index in [4.69, 9.17) is 16.7 Å². The molecule has 0 aliphatic heterocycles. The average molecular weight is 280 g/mol. The van der Waals surface area contributed by atoms with Crippen LogP contribution in [0, 0.1) is 0 Å². The Labute approximate surface area is 118 Å². The first kappa shape index (κ1) is 14.1. The molecule has 2 aromatic rings. The third-order valence-electron chi connectivity index (χ3n) is 2.98. The summed E-state index contributed by atoms with van der Waals surface area (Å²) in [5.41, 5.74) is 2.26. The Bertz CT molecular complexity index is 527. The second-order valence-corrected chi connectivity index (χ2v) is 4.93. The molecule has 0 spiro atoms. The molecular formula is C14H18ClN3O. The quantitative estimate of drug-likeness (QED) is 0.854. The molecule has 102 valence electrons. The Balaban J connectivity index is 1.90. The van der Waals surface area contributed by atoms with Crippen molar-refractivity contribution < 1.29 is 5.11 Å². The number of halogens is 1. The van der Waals surface area contributed by atoms with Crippen molar-refractivity contribution in [1.82, 2.24) is 15.1 Å². The van der Waals surface area contributed by atoms with Gasteiger partial charge >= 0.3 is 0 Å². The number of nitrogens with zero attached hydrogens (tertiary/aromatic N) is 2. The van der Waals surface area contributed by atoms with Crippen LogP contribution in [0.3, 0.4) is 0 Å². The van der Waals surface area contributed by atoms with Gasteiger partial charge < -0.3 is 10.4 Å². The van der Waals surface area contributed by atoms with E-state index in [-0.39, 0.29) is 12.6 Å². The van der Waals surface area contributed by atoms with E-state index in [1.54, 1.807) is 4.68 Å². The molecule has 0 amide bonds. The van der Waals surface area contributed by atoms with E-state index >= 15 is 0 Å². The lowest BCUT2D eigenvalue weighted by molar-refractivity contribution is 0.269. The Morgan fingerprint density at radius 3 is 3.05 bits per heavy atom. The van der Waals surface area contributed by atoms with Crippen LogP contribution in [-0.4, -0.2) is 21.5 Å². The Morgan fingerprint density at radius 1 is 1.47 bits per heavy atom. The molecule has 0 unspecified atom stereocenters. The van der Waals surface area contributed by atoms with Gasteiger partial charge in [-0.25, -0.2) is 0 Å². The lowest BCUT2D eigenvalue weighted by Crippen LogP contribution is -2.17. The lowest BCUT2D eigenvalue weighted by atomic mass is 10.1. The van der Waals surface area contributed by atoms with Crippen LogP contribution in [0.5, 0.6) is 0 Å². The fraction of sp³-hybridized carbons (Fsp3) is 0.357. The van der Waals surface area contributed by atoms with Crippen LogP contribution in [-0.2, 0) is 13.1 Å². The Morgan fingerprint density at radius 2 is 2.32 bits per heavy atom. The Kier molecular flexibility index (Phi) is 4.96. The van der Waals surface area contributed by atoms with Crippen molar-refractivity contribution >= 4 is 11.6 Å². The summed E-state index contributed by atoms with van der Waals surface area (Å²) in [5, 5.41) is 17.2. The summed E-state index contributed by atoms with van der Waals surface area (Å²) in [6.45, 7) is 3.47. The minimum Gasteiger partial charge on any atom is -0.394 e. The van der Waals surface area contributed by atoms with E-state index in [1.807, 2.05) is 30.6 Å². The zero-order valence-corrected chi connectivity index (χ0v) is 11.6. The summed E-state index contributed by atoms with van der Waals surface area (Å²) in [6.07, 6.45) is 3.75. The molecule has 1 aromatic carbocycles. The number of benzene rings is 1. The molecule has 1 atom stereocenters. The highest BCUT2D eigenvalue weighted by Crippen LogP contribution is 2.17. The van der Waals surface area contributed by atoms with Gasteiger partial charge in [-0.1, -0.05) is 23.7 Å². The standard InChI is InChI=1S/C14H18ClN3O/c1-11(13-3-2-4-14(15)7-13)16-8-12-9-17-18(10-12)5-6-19/h2-4,7,9-11,16,19H,5-6,8H2,1H3/t11-/m0/s1. The zero-order valence-electron chi connectivity index (χ0n) is 10.9. The summed E-state index contributed by atoms with van der Waals surface area (Å²) < 4.78 is 1.74. The van der Waals surface area contributed by atoms with Gasteiger partial charge in [0.2, 0.25) is 0 Å². The number of rotatable bonds is 6. The SMILES string of the molecule is C[C@H](NCc1cnn(CCO)c1)c1cccc(Cl)c1. The van der Waals surface area contributed by atoms with Crippen molar-refractivity contribution in [3.8, 4) is 0 Å². The highest BCUT2D eigenvalue weighted by Gasteiger charge is 2.06. The Hall–Kier alpha value is -1.36. The number of hydrogen-bond acceptors (Lipinski definition) is 3. The van der Waals surface area contributed by atoms with Gasteiger partial charge in [0.25, 0.3) is 0 Å². The number of aliphatic hydroxyl groups excluding tert-OH is 1. The van der Waals surface area contributed by atoms with E-state index in [2.05, 4.69) is 23.4 Å². The van der Waals surface area contributed by atoms with Gasteiger partial charge in [-0.15, -0.1) is 0 Å². The van der Waals surface area contributed by atoms with Crippen molar-refractivity contribution in [2.24, 2.45) is 0 Å². The van der Waals surface area contributed by atoms with Crippen molar-refractivity contribution in [2.45, 2.75) is 26.1 Å². The van der Waals surface area contributed by atoms with E-state index in [1.165, 1.54) is 0 Å². The molecule has 5 heteroatoms. The van der Waals surface area contributed by atoms with E-state index < -0.39 is 0 Å². The molecule has 19 heavy (non-hydrogen) atoms. The molecule has 0 bridgehead atoms. The molecule has 0 radical (unpaired) electrons. The lowest BCUT2D eigenvalue weighted by Gasteiger charge is -2.13. The first-order valence-corrected chi connectivity index (χ1v) is 6.68. The summed E-state index contributed by atoms with van der Waals surface area (Å²) in [4.78, 5) is 0. The molecule has 4 nitrogen and oxygen atoms in total. The third-order valence-corrected chi connectivity index (χ3v) is 3.21. The van der Waals surface area contributed by atoms with Gasteiger partial charge in [-0.3, -0.25) is 4.68 Å². The highest BCUT2D eigenvalue weighted by atomic mass is 35.5. The van der Waals surface area contributed by atoms with Crippen molar-refractivity contribution in [1.29, 1.82) is 0 Å². The van der Waals surface area contributed by atoms with Crippen LogP contribution in [0.15, 0.2) is 36.7 Å². The summed E-state index contributed by atoms with van der Waals surface area (Å²) in [6, 6.07) is 8.07. The molecular weight excluding hydrogens is 262 g/mol. The van der Waals surface area contributed by atoms with Gasteiger partial charge in [-0.2, -0.15) is 5.10 Å². The maximum atomic E-state index is 8.83. The molecule has 1 heterocycles. The number of aliphatic hydroxyl groups is 1. The van der Waals surface area contributed by atoms with Gasteiger partial charge in [0.05, 0.1) is 19.3 Å². The molecule has 0 saturated heterocycles. The number of aromatic nitrogens is 2. The monoisotopic (exact) mass is 279 g/mol. The number of nitrogens with one attached hydrogen (secondary N) is 1. The molecule has 0 saturated carbocycles. The summed E-state index contributed by atoms with van der Waals surface area (Å²) >= 11 is 5.98. The van der Waals surface area contributed by atoms with Gasteiger partial charge in [0.15, 0.2) is 0 Å². The molecule has 0 fully saturated rings. The fourth-order valence-corrected chi connectivity index (χ4v) is 2.09. The van der Waals surface area contributed by atoms with Crippen molar-refractivity contribution in [2.75, 3.05) is 6.61 Å². The van der Waals surface area contributed by atoms with Crippen LogP contribution >= 0.6 is 11.6 Å². The normalized spacial score (nSPS) is 12.6. The topological polar surface area (TPSA) is 50.1 Å². The fourth-order valence-electron chi connectivity index (χ4n) is 1.89. The molecule has 2 rings (SSSR count). The van der Waals surface area contributed by atoms with E-state index in [0.717, 1.165) is 22.7 Å². The first-order chi connectivity index (χ1) is 9.19. The maximum Gasteiger partial charge on any atom is 0.0640 e. The number of hydrogen-bond donors (Lipinski definition) is 2. The first-order valence-electron chi connectivity index (χ1n) is 6.30. The molecule has 0 aliphatic carbocycles. The van der Waals surface area contributed by atoms with Crippen LogP contribution in [0.4, 0.5) is 0 Å². The minimum absolute atomic E-state index is 0.105. The second kappa shape index (κ2) is 6.70. The molecule has 2 N–H and O–H groups in total. The van der Waals surface area contributed by atoms with E-state index in [0.29, 0.717) is 6.54 Å². The predicted molar refractivity (Wildman–Crippen MR) is 76.0 cm³/mol. The van der Waals surface area contributed by atoms with Crippen molar-refractivity contribution in [3.63, 3.8) is 0 Å². The zero-order chi connectivity index (χ0) is 13.7. The van der Waals surface area contributed by atoms with Gasteiger partial charge in [0.1, 0.15) is 0 Å². The van der Waals surface area contributed by atoms with Gasteiger partial charge in [0, 0.05) is 29.4 Å². The summed E-state index contributed by atoms with van der Waals surface area (Å²) in [7, 11) is 0. The predicted octanol–water partition coefficient (Wildman–Crippen LogP) is 2.38. The van der Waals surface area contributed by atoms with Crippen LogP contribution in [0.1, 0.15) is 24.1 Å². The molecule has 0 aliphatic rings. The maximum absolute atomic E-state index is 8.83. The van der Waals surface area contributed by atoms with Crippen LogP contribution in [0.2, 0.25) is 5.02 Å². The largest absolute Gasteiger partial charge is 0.394 e. The second-order valence-electron chi connectivity index (χ2n) is 4.49. The minimum atomic E-state index is 0.105.